The van der Waals surface area contributed by atoms with E-state index in [-0.39, 0.29) is 47.6 Å². The van der Waals surface area contributed by atoms with Gasteiger partial charge in [0, 0.05) is 37.8 Å². The van der Waals surface area contributed by atoms with Crippen LogP contribution >= 0.6 is 11.6 Å². The molecule has 2 aromatic rings. The molecule has 3 rings (SSSR count). The summed E-state index contributed by atoms with van der Waals surface area (Å²) >= 11 is 5.92. The molecular formula is C19H17ClF2N2O3S. The van der Waals surface area contributed by atoms with Crippen molar-refractivity contribution in [2.45, 2.75) is 4.90 Å². The van der Waals surface area contributed by atoms with Crippen LogP contribution in [-0.2, 0) is 14.8 Å². The van der Waals surface area contributed by atoms with Crippen molar-refractivity contribution in [3.63, 3.8) is 0 Å². The normalized spacial score (nSPS) is 15.9. The molecule has 9 heteroatoms. The van der Waals surface area contributed by atoms with Gasteiger partial charge in [0.25, 0.3) is 0 Å². The quantitative estimate of drug-likeness (QED) is 0.706. The molecule has 1 heterocycles. The van der Waals surface area contributed by atoms with Gasteiger partial charge in [0.05, 0.1) is 9.92 Å². The van der Waals surface area contributed by atoms with Gasteiger partial charge in [-0.1, -0.05) is 23.7 Å². The summed E-state index contributed by atoms with van der Waals surface area (Å²) in [7, 11) is -3.83. The molecule has 5 nitrogen and oxygen atoms in total. The number of sulfonamides is 1. The van der Waals surface area contributed by atoms with Crippen LogP contribution < -0.4 is 0 Å². The first-order chi connectivity index (χ1) is 13.3. The van der Waals surface area contributed by atoms with Gasteiger partial charge >= 0.3 is 0 Å². The molecule has 1 aliphatic heterocycles. The molecular weight excluding hydrogens is 410 g/mol. The van der Waals surface area contributed by atoms with Crippen molar-refractivity contribution in [3.05, 3.63) is 70.8 Å². The van der Waals surface area contributed by atoms with Crippen molar-refractivity contribution in [3.8, 4) is 0 Å². The fraction of sp³-hybridized carbons (Fsp3) is 0.211. The van der Waals surface area contributed by atoms with Crippen molar-refractivity contribution in [2.75, 3.05) is 26.2 Å². The topological polar surface area (TPSA) is 57.7 Å². The lowest BCUT2D eigenvalue weighted by Gasteiger charge is -2.33. The monoisotopic (exact) mass is 426 g/mol. The van der Waals surface area contributed by atoms with Gasteiger partial charge in [-0.25, -0.2) is 17.2 Å². The van der Waals surface area contributed by atoms with Crippen LogP contribution in [0.5, 0.6) is 0 Å². The van der Waals surface area contributed by atoms with E-state index < -0.39 is 21.7 Å². The van der Waals surface area contributed by atoms with Crippen LogP contribution in [0.25, 0.3) is 6.08 Å². The van der Waals surface area contributed by atoms with E-state index in [0.717, 1.165) is 6.07 Å². The number of hydrogen-bond donors (Lipinski definition) is 0. The van der Waals surface area contributed by atoms with E-state index in [9.17, 15) is 22.0 Å². The number of rotatable bonds is 4. The van der Waals surface area contributed by atoms with Gasteiger partial charge in [0.1, 0.15) is 11.6 Å². The molecule has 1 aliphatic rings. The third-order valence-electron chi connectivity index (χ3n) is 4.38. The van der Waals surface area contributed by atoms with Gasteiger partial charge < -0.3 is 4.90 Å². The molecule has 1 saturated heterocycles. The van der Waals surface area contributed by atoms with Crippen LogP contribution in [-0.4, -0.2) is 49.7 Å². The molecule has 0 N–H and O–H groups in total. The summed E-state index contributed by atoms with van der Waals surface area (Å²) in [6.07, 6.45) is 2.51. The summed E-state index contributed by atoms with van der Waals surface area (Å²) in [4.78, 5) is 13.7. The highest BCUT2D eigenvalue weighted by molar-refractivity contribution is 7.89. The number of carbonyl (C=O) groups excluding carboxylic acids is 1. The summed E-state index contributed by atoms with van der Waals surface area (Å²) in [5, 5.41) is 0.190. The van der Waals surface area contributed by atoms with Gasteiger partial charge in [-0.05, 0) is 36.4 Å². The second-order valence-corrected chi connectivity index (χ2v) is 8.50. The Balaban J connectivity index is 1.65. The number of nitrogens with zero attached hydrogens (tertiary/aromatic N) is 2. The van der Waals surface area contributed by atoms with Crippen molar-refractivity contribution >= 4 is 33.6 Å². The first-order valence-corrected chi connectivity index (χ1v) is 10.3. The SMILES string of the molecule is O=C(/C=C/c1c(F)cccc1Cl)N1CCN(S(=O)(=O)c2cccc(F)c2)CC1. The Morgan fingerprint density at radius 2 is 1.71 bits per heavy atom. The second kappa shape index (κ2) is 8.38. The Labute approximate surface area is 166 Å². The minimum atomic E-state index is -3.83. The van der Waals surface area contributed by atoms with Crippen LogP contribution in [0.2, 0.25) is 5.02 Å². The van der Waals surface area contributed by atoms with Crippen molar-refractivity contribution in [2.24, 2.45) is 0 Å². The average molecular weight is 427 g/mol. The fourth-order valence-corrected chi connectivity index (χ4v) is 4.54. The number of carbonyl (C=O) groups is 1. The lowest BCUT2D eigenvalue weighted by molar-refractivity contribution is -0.127. The van der Waals surface area contributed by atoms with E-state index in [4.69, 9.17) is 11.6 Å². The highest BCUT2D eigenvalue weighted by Crippen LogP contribution is 2.21. The number of piperazine rings is 1. The van der Waals surface area contributed by atoms with Crippen molar-refractivity contribution in [1.29, 1.82) is 0 Å². The molecule has 0 bridgehead atoms. The van der Waals surface area contributed by atoms with E-state index in [0.29, 0.717) is 0 Å². The number of hydrogen-bond acceptors (Lipinski definition) is 3. The zero-order chi connectivity index (χ0) is 20.3. The molecule has 1 amide bonds. The number of amides is 1. The van der Waals surface area contributed by atoms with Gasteiger partial charge in [-0.15, -0.1) is 0 Å². The molecule has 0 aromatic heterocycles. The van der Waals surface area contributed by atoms with Crippen LogP contribution in [0.15, 0.2) is 53.4 Å². The van der Waals surface area contributed by atoms with Crippen molar-refractivity contribution in [1.82, 2.24) is 9.21 Å². The number of benzene rings is 2. The molecule has 148 valence electrons. The minimum absolute atomic E-state index is 0.0822. The first kappa shape index (κ1) is 20.4. The summed E-state index contributed by atoms with van der Waals surface area (Å²) in [5.41, 5.74) is 0.116. The Bertz CT molecular complexity index is 999. The van der Waals surface area contributed by atoms with E-state index >= 15 is 0 Å². The van der Waals surface area contributed by atoms with Crippen molar-refractivity contribution < 1.29 is 22.0 Å². The average Bonchev–Trinajstić information content (AvgIpc) is 2.67. The Morgan fingerprint density at radius 3 is 2.36 bits per heavy atom. The molecule has 0 spiro atoms. The van der Waals surface area contributed by atoms with Gasteiger partial charge in [-0.2, -0.15) is 4.31 Å². The lowest BCUT2D eigenvalue weighted by atomic mass is 10.2. The van der Waals surface area contributed by atoms with Crippen LogP contribution in [0.3, 0.4) is 0 Å². The molecule has 1 fully saturated rings. The van der Waals surface area contributed by atoms with Crippen LogP contribution in [0, 0.1) is 11.6 Å². The number of halogens is 3. The maximum Gasteiger partial charge on any atom is 0.246 e. The highest BCUT2D eigenvalue weighted by atomic mass is 35.5. The molecule has 0 atom stereocenters. The smallest absolute Gasteiger partial charge is 0.246 e. The predicted molar refractivity (Wildman–Crippen MR) is 102 cm³/mol. The zero-order valence-electron chi connectivity index (χ0n) is 14.7. The van der Waals surface area contributed by atoms with E-state index in [1.165, 1.54) is 57.8 Å². The van der Waals surface area contributed by atoms with E-state index in [1.807, 2.05) is 0 Å². The molecule has 2 aromatic carbocycles. The zero-order valence-corrected chi connectivity index (χ0v) is 16.3. The second-order valence-electron chi connectivity index (χ2n) is 6.16. The molecule has 0 unspecified atom stereocenters. The molecule has 0 saturated carbocycles. The minimum Gasteiger partial charge on any atom is -0.337 e. The summed E-state index contributed by atoms with van der Waals surface area (Å²) in [5.74, 6) is -1.54. The molecule has 28 heavy (non-hydrogen) atoms. The van der Waals surface area contributed by atoms with E-state index in [1.54, 1.807) is 0 Å². The molecule has 0 aliphatic carbocycles. The van der Waals surface area contributed by atoms with Gasteiger partial charge in [0.15, 0.2) is 0 Å². The van der Waals surface area contributed by atoms with Crippen LogP contribution in [0.4, 0.5) is 8.78 Å². The first-order valence-electron chi connectivity index (χ1n) is 8.46. The van der Waals surface area contributed by atoms with E-state index in [2.05, 4.69) is 0 Å². The third kappa shape index (κ3) is 4.40. The summed E-state index contributed by atoms with van der Waals surface area (Å²) < 4.78 is 53.5. The summed E-state index contributed by atoms with van der Waals surface area (Å²) in [6.45, 7) is 0.503. The highest BCUT2D eigenvalue weighted by Gasteiger charge is 2.29. The lowest BCUT2D eigenvalue weighted by Crippen LogP contribution is -2.50. The Hall–Kier alpha value is -2.29. The maximum atomic E-state index is 13.8. The Kier molecular flexibility index (Phi) is 6.12. The summed E-state index contributed by atoms with van der Waals surface area (Å²) in [6, 6.07) is 9.03. The molecule has 0 radical (unpaired) electrons. The van der Waals surface area contributed by atoms with Gasteiger partial charge in [0.2, 0.25) is 15.9 Å². The standard InChI is InChI=1S/C19H17ClF2N2O3S/c20-17-5-2-6-18(22)16(17)7-8-19(25)23-9-11-24(12-10-23)28(26,27)15-4-1-3-14(21)13-15/h1-8,13H,9-12H2/b8-7+. The fourth-order valence-electron chi connectivity index (χ4n) is 2.86. The van der Waals surface area contributed by atoms with Gasteiger partial charge in [-0.3, -0.25) is 4.79 Å². The Morgan fingerprint density at radius 1 is 1.04 bits per heavy atom. The largest absolute Gasteiger partial charge is 0.337 e. The van der Waals surface area contributed by atoms with Crippen LogP contribution in [0.1, 0.15) is 5.56 Å². The predicted octanol–water partition coefficient (Wildman–Crippen LogP) is 3.16. The third-order valence-corrected chi connectivity index (χ3v) is 6.60. The maximum absolute atomic E-state index is 13.8.